The topological polar surface area (TPSA) is 151 Å². The molecule has 1 amide bonds. The third kappa shape index (κ3) is 6.12. The van der Waals surface area contributed by atoms with Gasteiger partial charge in [-0.1, -0.05) is 16.8 Å². The van der Waals surface area contributed by atoms with Crippen molar-refractivity contribution >= 4 is 46.3 Å². The molecule has 4 aromatic rings. The van der Waals surface area contributed by atoms with Crippen molar-refractivity contribution in [2.24, 2.45) is 0 Å². The summed E-state index contributed by atoms with van der Waals surface area (Å²) in [6.07, 6.45) is -1.18. The number of pyridine rings is 1. The number of alkyl halides is 3. The number of aromatic nitrogens is 5. The van der Waals surface area contributed by atoms with Crippen LogP contribution in [0.2, 0.25) is 5.02 Å². The van der Waals surface area contributed by atoms with Gasteiger partial charge < -0.3 is 20.3 Å². The Morgan fingerprint density at radius 3 is 2.67 bits per heavy atom. The van der Waals surface area contributed by atoms with Crippen molar-refractivity contribution in [2.75, 3.05) is 10.6 Å². The summed E-state index contributed by atoms with van der Waals surface area (Å²) in [6, 6.07) is 3.23. The van der Waals surface area contributed by atoms with Crippen LogP contribution in [0.4, 0.5) is 30.6 Å². The van der Waals surface area contributed by atoms with Crippen LogP contribution in [0.5, 0.6) is 0 Å². The molecule has 16 heteroatoms. The molecule has 0 bridgehead atoms. The molecule has 4 N–H and O–H groups in total. The van der Waals surface area contributed by atoms with Gasteiger partial charge in [-0.15, -0.1) is 11.3 Å². The average molecular weight is 541 g/mol. The number of hydrogen-bond donors (Lipinski definition) is 4. The van der Waals surface area contributed by atoms with Crippen molar-refractivity contribution in [1.29, 1.82) is 0 Å². The van der Waals surface area contributed by atoms with Crippen molar-refractivity contribution in [3.05, 3.63) is 69.3 Å². The highest BCUT2D eigenvalue weighted by atomic mass is 35.5. The van der Waals surface area contributed by atoms with E-state index in [2.05, 4.69) is 41.0 Å². The Morgan fingerprint density at radius 1 is 1.14 bits per heavy atom. The number of carbonyl (C=O) groups is 1. The molecule has 4 aromatic heterocycles. The van der Waals surface area contributed by atoms with Gasteiger partial charge in [0.05, 0.1) is 28.5 Å². The molecule has 0 aliphatic rings. The minimum absolute atomic E-state index is 0.125. The molecule has 188 valence electrons. The summed E-state index contributed by atoms with van der Waals surface area (Å²) in [5.41, 5.74) is -0.859. The zero-order chi connectivity index (χ0) is 25.9. The molecule has 0 spiro atoms. The second kappa shape index (κ2) is 10.5. The molecule has 0 aliphatic carbocycles. The Morgan fingerprint density at radius 2 is 1.94 bits per heavy atom. The summed E-state index contributed by atoms with van der Waals surface area (Å²) in [6.45, 7) is 1.70. The fraction of sp³-hybridized carbons (Fsp3) is 0.200. The zero-order valence-corrected chi connectivity index (χ0v) is 19.7. The van der Waals surface area contributed by atoms with E-state index in [9.17, 15) is 23.1 Å². The summed E-state index contributed by atoms with van der Waals surface area (Å²) in [5, 5.41) is 22.2. The fourth-order valence-corrected chi connectivity index (χ4v) is 3.92. The van der Waals surface area contributed by atoms with E-state index < -0.39 is 34.9 Å². The van der Waals surface area contributed by atoms with Crippen LogP contribution in [0, 0.1) is 0 Å². The second-order valence-corrected chi connectivity index (χ2v) is 8.66. The lowest BCUT2D eigenvalue weighted by molar-refractivity contribution is -0.137. The molecule has 0 radical (unpaired) electrons. The number of anilines is 3. The first-order valence-electron chi connectivity index (χ1n) is 10.0. The molecule has 2 atom stereocenters. The fourth-order valence-electron chi connectivity index (χ4n) is 2.89. The molecular formula is C20H16ClF3N8O3S. The Bertz CT molecular complexity index is 1350. The molecule has 4 rings (SSSR count). The van der Waals surface area contributed by atoms with Crippen molar-refractivity contribution in [3.63, 3.8) is 0 Å². The van der Waals surface area contributed by atoms with Gasteiger partial charge in [0.15, 0.2) is 5.82 Å². The second-order valence-electron chi connectivity index (χ2n) is 7.19. The summed E-state index contributed by atoms with van der Waals surface area (Å²) >= 11 is 6.54. The molecule has 4 heterocycles. The van der Waals surface area contributed by atoms with Crippen LogP contribution in [-0.4, -0.2) is 36.1 Å². The number of halogens is 4. The predicted octanol–water partition coefficient (Wildman–Crippen LogP) is 4.33. The molecule has 0 aliphatic heterocycles. The number of hydrogen-bond acceptors (Lipinski definition) is 11. The first-order chi connectivity index (χ1) is 17.1. The Hall–Kier alpha value is -3.66. The van der Waals surface area contributed by atoms with Crippen LogP contribution in [0.25, 0.3) is 0 Å². The molecule has 0 saturated heterocycles. The minimum atomic E-state index is -4.70. The highest BCUT2D eigenvalue weighted by Gasteiger charge is 2.34. The van der Waals surface area contributed by atoms with Crippen molar-refractivity contribution in [3.8, 4) is 0 Å². The van der Waals surface area contributed by atoms with Crippen LogP contribution in [0.15, 0.2) is 47.7 Å². The van der Waals surface area contributed by atoms with Crippen molar-refractivity contribution in [2.45, 2.75) is 25.4 Å². The largest absolute Gasteiger partial charge is 0.418 e. The van der Waals surface area contributed by atoms with Gasteiger partial charge in [0.25, 0.3) is 5.91 Å². The maximum Gasteiger partial charge on any atom is 0.418 e. The number of aliphatic hydroxyl groups is 1. The number of nitrogens with zero attached hydrogens (tertiary/aromatic N) is 5. The lowest BCUT2D eigenvalue weighted by Crippen LogP contribution is -2.25. The first-order valence-corrected chi connectivity index (χ1v) is 11.2. The van der Waals surface area contributed by atoms with E-state index in [1.807, 2.05) is 0 Å². The van der Waals surface area contributed by atoms with E-state index in [0.29, 0.717) is 22.7 Å². The highest BCUT2D eigenvalue weighted by Crippen LogP contribution is 2.35. The molecule has 11 nitrogen and oxygen atoms in total. The van der Waals surface area contributed by atoms with E-state index in [0.717, 1.165) is 17.5 Å². The zero-order valence-electron chi connectivity index (χ0n) is 18.1. The van der Waals surface area contributed by atoms with Gasteiger partial charge in [-0.2, -0.15) is 13.2 Å². The average Bonchev–Trinajstić information content (AvgIpc) is 3.52. The summed E-state index contributed by atoms with van der Waals surface area (Å²) in [4.78, 5) is 28.6. The van der Waals surface area contributed by atoms with Crippen molar-refractivity contribution < 1.29 is 27.6 Å². The lowest BCUT2D eigenvalue weighted by atomic mass is 10.2. The van der Waals surface area contributed by atoms with Crippen LogP contribution >= 0.6 is 22.9 Å². The molecule has 0 fully saturated rings. The third-order valence-corrected chi connectivity index (χ3v) is 6.07. The van der Waals surface area contributed by atoms with E-state index in [1.54, 1.807) is 13.0 Å². The minimum Gasteiger partial charge on any atom is -0.373 e. The van der Waals surface area contributed by atoms with Gasteiger partial charge in [-0.3, -0.25) is 10.1 Å². The third-order valence-electron chi connectivity index (χ3n) is 4.59. The van der Waals surface area contributed by atoms with Gasteiger partial charge >= 0.3 is 6.18 Å². The van der Waals surface area contributed by atoms with Crippen LogP contribution in [-0.2, 0) is 6.18 Å². The molecular weight excluding hydrogens is 525 g/mol. The Balaban J connectivity index is 1.39. The lowest BCUT2D eigenvalue weighted by Gasteiger charge is -2.17. The standard InChI is InChI=1S/C20H16ClF3N8O3S/c1-9(29-17(33)12-5-16(28-8-27-12)30-14-2-3-35-32-14)19-26-7-13(36-19)18(34)31-15-4-10(20(22,23)24)11(21)6-25-15/h2-9,17,29,33H,1H3,(H,25,31,34)(H,27,28,30,32). The number of nitrogens with one attached hydrogen (secondary N) is 3. The Kier molecular flexibility index (Phi) is 7.44. The van der Waals surface area contributed by atoms with Gasteiger partial charge in [0.2, 0.25) is 0 Å². The maximum absolute atomic E-state index is 13.0. The van der Waals surface area contributed by atoms with Crippen LogP contribution in [0.1, 0.15) is 45.1 Å². The van der Waals surface area contributed by atoms with Crippen molar-refractivity contribution in [1.82, 2.24) is 30.4 Å². The summed E-state index contributed by atoms with van der Waals surface area (Å²) < 4.78 is 43.8. The normalized spacial score (nSPS) is 13.3. The van der Waals surface area contributed by atoms with Gasteiger partial charge in [0, 0.05) is 18.3 Å². The van der Waals surface area contributed by atoms with Gasteiger partial charge in [-0.25, -0.2) is 19.9 Å². The summed E-state index contributed by atoms with van der Waals surface area (Å²) in [7, 11) is 0. The smallest absolute Gasteiger partial charge is 0.373 e. The number of thiazole rings is 1. The van der Waals surface area contributed by atoms with Crippen LogP contribution < -0.4 is 16.0 Å². The highest BCUT2D eigenvalue weighted by molar-refractivity contribution is 7.13. The van der Waals surface area contributed by atoms with E-state index in [4.69, 9.17) is 16.1 Å². The molecule has 36 heavy (non-hydrogen) atoms. The molecule has 0 saturated carbocycles. The monoisotopic (exact) mass is 540 g/mol. The van der Waals surface area contributed by atoms with Gasteiger partial charge in [-0.05, 0) is 13.0 Å². The predicted molar refractivity (Wildman–Crippen MR) is 123 cm³/mol. The maximum atomic E-state index is 13.0. The van der Waals surface area contributed by atoms with E-state index in [1.165, 1.54) is 24.9 Å². The number of rotatable bonds is 8. The number of aliphatic hydroxyl groups excluding tert-OH is 1. The number of amides is 1. The molecule has 0 aromatic carbocycles. The van der Waals surface area contributed by atoms with Crippen LogP contribution in [0.3, 0.4) is 0 Å². The number of carbonyl (C=O) groups excluding carboxylic acids is 1. The first kappa shape index (κ1) is 25.4. The van der Waals surface area contributed by atoms with E-state index in [-0.39, 0.29) is 16.4 Å². The Labute approximate surface area is 209 Å². The summed E-state index contributed by atoms with van der Waals surface area (Å²) in [5.74, 6) is -0.214. The quantitative estimate of drug-likeness (QED) is 0.238. The van der Waals surface area contributed by atoms with Gasteiger partial charge in [0.1, 0.15) is 40.3 Å². The molecule has 2 unspecified atom stereocenters. The van der Waals surface area contributed by atoms with E-state index >= 15 is 0 Å². The SMILES string of the molecule is CC(NC(O)c1cc(Nc2ccon2)ncn1)c1ncc(C(=O)Nc2cc(C(F)(F)F)c(Cl)cn2)s1.